The van der Waals surface area contributed by atoms with Crippen molar-refractivity contribution < 1.29 is 10.2 Å². The summed E-state index contributed by atoms with van der Waals surface area (Å²) in [5.41, 5.74) is 1.68. The highest BCUT2D eigenvalue weighted by atomic mass is 35.5. The maximum Gasteiger partial charge on any atom is 0.0633 e. The second-order valence-electron chi connectivity index (χ2n) is 7.38. The van der Waals surface area contributed by atoms with Crippen molar-refractivity contribution in [1.82, 2.24) is 9.88 Å². The van der Waals surface area contributed by atoms with Gasteiger partial charge in [-0.2, -0.15) is 0 Å². The van der Waals surface area contributed by atoms with Crippen LogP contribution in [0.25, 0.3) is 32.4 Å². The lowest BCUT2D eigenvalue weighted by Gasteiger charge is -2.26. The molecule has 3 aromatic carbocycles. The molecule has 0 atom stereocenters. The Labute approximate surface area is 164 Å². The normalized spacial score (nSPS) is 12.0. The Morgan fingerprint density at radius 3 is 2.26 bits per heavy atom. The zero-order valence-electron chi connectivity index (χ0n) is 15.6. The van der Waals surface area contributed by atoms with Gasteiger partial charge in [-0.05, 0) is 40.8 Å². The molecule has 5 heteroatoms. The molecule has 27 heavy (non-hydrogen) atoms. The quantitative estimate of drug-likeness (QED) is 0.459. The van der Waals surface area contributed by atoms with E-state index in [0.29, 0.717) is 6.54 Å². The Hall–Kier alpha value is -2.11. The van der Waals surface area contributed by atoms with Crippen LogP contribution in [0.15, 0.2) is 54.7 Å². The summed E-state index contributed by atoms with van der Waals surface area (Å²) in [7, 11) is 2.07. The van der Waals surface area contributed by atoms with Gasteiger partial charge in [-0.15, -0.1) is 12.4 Å². The van der Waals surface area contributed by atoms with Crippen LogP contribution in [0.1, 0.15) is 12.5 Å². The lowest BCUT2D eigenvalue weighted by molar-refractivity contribution is 0.103. The molecule has 0 spiro atoms. The summed E-state index contributed by atoms with van der Waals surface area (Å²) < 4.78 is 2.17. The summed E-state index contributed by atoms with van der Waals surface area (Å²) in [5.74, 6) is 0. The topological polar surface area (TPSA) is 57.4 Å². The van der Waals surface area contributed by atoms with Gasteiger partial charge in [0.15, 0.2) is 0 Å². The molecule has 0 aliphatic rings. The second kappa shape index (κ2) is 7.49. The Morgan fingerprint density at radius 1 is 0.926 bits per heavy atom. The summed E-state index contributed by atoms with van der Waals surface area (Å²) in [4.78, 5) is 0. The summed E-state index contributed by atoms with van der Waals surface area (Å²) in [6.45, 7) is 2.19. The van der Waals surface area contributed by atoms with E-state index in [1.54, 1.807) is 0 Å². The summed E-state index contributed by atoms with van der Waals surface area (Å²) in [6.07, 6.45) is 2.13. The highest BCUT2D eigenvalue weighted by Gasteiger charge is 2.22. The number of hydrogen-bond donors (Lipinski definition) is 3. The van der Waals surface area contributed by atoms with Crippen LogP contribution < -0.4 is 5.32 Å². The summed E-state index contributed by atoms with van der Waals surface area (Å²) >= 11 is 0. The highest BCUT2D eigenvalue weighted by molar-refractivity contribution is 6.11. The molecule has 1 aromatic heterocycles. The molecule has 4 aromatic rings. The molecule has 4 nitrogen and oxygen atoms in total. The third kappa shape index (κ3) is 3.42. The molecule has 142 valence electrons. The van der Waals surface area contributed by atoms with Crippen LogP contribution in [-0.4, -0.2) is 33.5 Å². The standard InChI is InChI=1S/C22H24N2O2.ClH/c1-22(13-25,14-26)23-11-18-12-24(2)21-19(18)8-7-17-9-15-5-3-4-6-16(15)10-20(17)21;/h3-10,12,23,25-26H,11,13-14H2,1-2H3;1H. The second-order valence-corrected chi connectivity index (χ2v) is 7.38. The maximum atomic E-state index is 9.50. The number of benzene rings is 3. The number of nitrogens with one attached hydrogen (secondary N) is 1. The molecule has 0 radical (unpaired) electrons. The molecule has 1 heterocycles. The Balaban J connectivity index is 0.00000210. The number of aliphatic hydroxyl groups excluding tert-OH is 2. The van der Waals surface area contributed by atoms with Gasteiger partial charge in [0.25, 0.3) is 0 Å². The monoisotopic (exact) mass is 384 g/mol. The Morgan fingerprint density at radius 2 is 1.59 bits per heavy atom. The predicted octanol–water partition coefficient (Wildman–Crippen LogP) is 3.74. The van der Waals surface area contributed by atoms with E-state index in [0.717, 1.165) is 5.56 Å². The van der Waals surface area contributed by atoms with Gasteiger partial charge in [-0.1, -0.05) is 36.4 Å². The van der Waals surface area contributed by atoms with Crippen molar-refractivity contribution in [3.63, 3.8) is 0 Å². The number of nitrogens with zero attached hydrogens (tertiary/aromatic N) is 1. The summed E-state index contributed by atoms with van der Waals surface area (Å²) in [5, 5.41) is 28.4. The number of fused-ring (bicyclic) bond motifs is 4. The number of aromatic nitrogens is 1. The zero-order chi connectivity index (χ0) is 18.3. The average molecular weight is 385 g/mol. The average Bonchev–Trinajstić information content (AvgIpc) is 3.00. The van der Waals surface area contributed by atoms with Crippen LogP contribution in [-0.2, 0) is 13.6 Å². The van der Waals surface area contributed by atoms with Crippen molar-refractivity contribution in [3.8, 4) is 0 Å². The number of aliphatic hydroxyl groups is 2. The van der Waals surface area contributed by atoms with E-state index in [2.05, 4.69) is 71.7 Å². The molecule has 0 aliphatic carbocycles. The molecule has 0 fully saturated rings. The first-order valence-corrected chi connectivity index (χ1v) is 8.91. The molecule has 0 unspecified atom stereocenters. The number of aryl methyl sites for hydroxylation is 1. The number of halogens is 1. The third-order valence-corrected chi connectivity index (χ3v) is 5.31. The van der Waals surface area contributed by atoms with Crippen molar-refractivity contribution in [1.29, 1.82) is 0 Å². The van der Waals surface area contributed by atoms with Crippen molar-refractivity contribution in [2.24, 2.45) is 7.05 Å². The highest BCUT2D eigenvalue weighted by Crippen LogP contribution is 2.32. The predicted molar refractivity (Wildman–Crippen MR) is 115 cm³/mol. The lowest BCUT2D eigenvalue weighted by Crippen LogP contribution is -2.48. The minimum Gasteiger partial charge on any atom is -0.394 e. The van der Waals surface area contributed by atoms with Crippen LogP contribution in [0.5, 0.6) is 0 Å². The van der Waals surface area contributed by atoms with Gasteiger partial charge in [0.2, 0.25) is 0 Å². The fourth-order valence-corrected chi connectivity index (χ4v) is 3.62. The molecule has 0 amide bonds. The van der Waals surface area contributed by atoms with E-state index in [4.69, 9.17) is 0 Å². The van der Waals surface area contributed by atoms with Gasteiger partial charge < -0.3 is 20.1 Å². The molecule has 0 aliphatic heterocycles. The van der Waals surface area contributed by atoms with Gasteiger partial charge in [-0.3, -0.25) is 0 Å². The van der Waals surface area contributed by atoms with Crippen LogP contribution in [0.2, 0.25) is 0 Å². The smallest absolute Gasteiger partial charge is 0.0633 e. The van der Waals surface area contributed by atoms with Crippen LogP contribution in [0.3, 0.4) is 0 Å². The molecule has 3 N–H and O–H groups in total. The molecular formula is C22H25ClN2O2. The van der Waals surface area contributed by atoms with Crippen molar-refractivity contribution in [3.05, 3.63) is 60.3 Å². The van der Waals surface area contributed by atoms with Crippen molar-refractivity contribution in [2.75, 3.05) is 13.2 Å². The minimum atomic E-state index is -0.685. The Kier molecular flexibility index (Phi) is 5.45. The van der Waals surface area contributed by atoms with Gasteiger partial charge in [0, 0.05) is 30.6 Å². The van der Waals surface area contributed by atoms with Gasteiger partial charge in [-0.25, -0.2) is 0 Å². The maximum absolute atomic E-state index is 9.50. The van der Waals surface area contributed by atoms with E-state index in [1.807, 2.05) is 6.92 Å². The van der Waals surface area contributed by atoms with E-state index in [-0.39, 0.29) is 25.6 Å². The first kappa shape index (κ1) is 19.6. The largest absolute Gasteiger partial charge is 0.394 e. The number of hydrogen-bond acceptors (Lipinski definition) is 3. The van der Waals surface area contributed by atoms with E-state index >= 15 is 0 Å². The van der Waals surface area contributed by atoms with E-state index in [1.165, 1.54) is 32.4 Å². The van der Waals surface area contributed by atoms with Crippen molar-refractivity contribution in [2.45, 2.75) is 19.0 Å². The minimum absolute atomic E-state index is 0. The molecule has 0 saturated heterocycles. The molecule has 0 bridgehead atoms. The fourth-order valence-electron chi connectivity index (χ4n) is 3.62. The third-order valence-electron chi connectivity index (χ3n) is 5.31. The Bertz CT molecular complexity index is 1100. The van der Waals surface area contributed by atoms with Crippen LogP contribution in [0.4, 0.5) is 0 Å². The first-order valence-electron chi connectivity index (χ1n) is 8.91. The van der Waals surface area contributed by atoms with E-state index < -0.39 is 5.54 Å². The van der Waals surface area contributed by atoms with Crippen molar-refractivity contribution >= 4 is 44.9 Å². The molecular weight excluding hydrogens is 360 g/mol. The zero-order valence-corrected chi connectivity index (χ0v) is 16.4. The fraction of sp³-hybridized carbons (Fsp3) is 0.273. The molecule has 4 rings (SSSR count). The van der Waals surface area contributed by atoms with Crippen LogP contribution >= 0.6 is 12.4 Å². The van der Waals surface area contributed by atoms with E-state index in [9.17, 15) is 10.2 Å². The number of rotatable bonds is 5. The SMILES string of the molecule is Cl.Cn1cc(CNC(C)(CO)CO)c2ccc3cc4ccccc4cc3c21. The van der Waals surface area contributed by atoms with Gasteiger partial charge in [0.05, 0.1) is 24.3 Å². The summed E-state index contributed by atoms with van der Waals surface area (Å²) in [6, 6.07) is 17.3. The lowest BCUT2D eigenvalue weighted by atomic mass is 10.0. The van der Waals surface area contributed by atoms with Gasteiger partial charge in [0.1, 0.15) is 0 Å². The van der Waals surface area contributed by atoms with Crippen LogP contribution in [0, 0.1) is 0 Å². The first-order chi connectivity index (χ1) is 12.5. The van der Waals surface area contributed by atoms with Gasteiger partial charge >= 0.3 is 0 Å². The molecule has 0 saturated carbocycles.